The van der Waals surface area contributed by atoms with E-state index in [2.05, 4.69) is 53.6 Å². The first kappa shape index (κ1) is 20.4. The van der Waals surface area contributed by atoms with E-state index in [1.807, 2.05) is 42.5 Å². The van der Waals surface area contributed by atoms with Crippen LogP contribution in [0.1, 0.15) is 47.7 Å². The van der Waals surface area contributed by atoms with Crippen LogP contribution in [0.4, 0.5) is 0 Å². The summed E-state index contributed by atoms with van der Waals surface area (Å²) in [6, 6.07) is 21.5. The number of amides is 1. The summed E-state index contributed by atoms with van der Waals surface area (Å²) >= 11 is 0. The van der Waals surface area contributed by atoms with Gasteiger partial charge in [0, 0.05) is 23.3 Å². The van der Waals surface area contributed by atoms with Crippen LogP contribution in [-0.2, 0) is 0 Å². The van der Waals surface area contributed by atoms with E-state index in [0.29, 0.717) is 11.5 Å². The smallest absolute Gasteiger partial charge is 0.267 e. The van der Waals surface area contributed by atoms with Crippen molar-refractivity contribution in [1.82, 2.24) is 15.4 Å². The van der Waals surface area contributed by atoms with Crippen molar-refractivity contribution in [2.75, 3.05) is 0 Å². The lowest BCUT2D eigenvalue weighted by molar-refractivity contribution is 0.0956. The molecule has 31 heavy (non-hydrogen) atoms. The van der Waals surface area contributed by atoms with Crippen molar-refractivity contribution in [1.29, 1.82) is 0 Å². The Labute approximate surface area is 181 Å². The second kappa shape index (κ2) is 9.30. The highest BCUT2D eigenvalue weighted by molar-refractivity contribution is 6.07. The molecule has 0 aliphatic heterocycles. The van der Waals surface area contributed by atoms with Gasteiger partial charge >= 0.3 is 0 Å². The van der Waals surface area contributed by atoms with Crippen molar-refractivity contribution >= 4 is 23.0 Å². The molecule has 4 rings (SSSR count). The van der Waals surface area contributed by atoms with Gasteiger partial charge in [0.2, 0.25) is 0 Å². The molecule has 154 valence electrons. The molecule has 2 heterocycles. The van der Waals surface area contributed by atoms with Crippen LogP contribution in [0.25, 0.3) is 22.2 Å². The number of nitrogens with zero attached hydrogens (tertiary/aromatic N) is 3. The predicted octanol–water partition coefficient (Wildman–Crippen LogP) is 5.57. The Morgan fingerprint density at radius 1 is 1.06 bits per heavy atom. The average molecular weight is 409 g/mol. The Kier molecular flexibility index (Phi) is 6.13. The number of pyridine rings is 2. The molecule has 0 saturated carbocycles. The number of hydrazone groups is 1. The average Bonchev–Trinajstić information content (AvgIpc) is 2.83. The maximum absolute atomic E-state index is 12.9. The number of rotatable bonds is 6. The van der Waals surface area contributed by atoms with Crippen LogP contribution in [0, 0.1) is 0 Å². The summed E-state index contributed by atoms with van der Waals surface area (Å²) in [7, 11) is 0. The van der Waals surface area contributed by atoms with Crippen molar-refractivity contribution in [3.8, 4) is 11.3 Å². The summed E-state index contributed by atoms with van der Waals surface area (Å²) in [6.07, 6.45) is 6.05. The van der Waals surface area contributed by atoms with E-state index >= 15 is 0 Å². The number of para-hydroxylation sites is 1. The monoisotopic (exact) mass is 408 g/mol. The zero-order chi connectivity index (χ0) is 21.6. The Morgan fingerprint density at radius 3 is 2.55 bits per heavy atom. The summed E-state index contributed by atoms with van der Waals surface area (Å²) < 4.78 is 0. The molecule has 0 fully saturated rings. The molecule has 1 amide bonds. The van der Waals surface area contributed by atoms with E-state index in [1.54, 1.807) is 18.6 Å². The molecule has 0 aliphatic carbocycles. The lowest BCUT2D eigenvalue weighted by Crippen LogP contribution is -2.18. The third-order valence-electron chi connectivity index (χ3n) is 5.43. The molecule has 4 aromatic rings. The number of carbonyl (C=O) groups is 1. The van der Waals surface area contributed by atoms with Gasteiger partial charge in [0.25, 0.3) is 5.91 Å². The second-order valence-corrected chi connectivity index (χ2v) is 7.48. The van der Waals surface area contributed by atoms with Crippen LogP contribution in [-0.4, -0.2) is 22.1 Å². The number of benzene rings is 2. The minimum Gasteiger partial charge on any atom is -0.267 e. The van der Waals surface area contributed by atoms with E-state index in [4.69, 9.17) is 4.98 Å². The van der Waals surface area contributed by atoms with Gasteiger partial charge in [-0.05, 0) is 47.7 Å². The van der Waals surface area contributed by atoms with Crippen LogP contribution in [0.3, 0.4) is 0 Å². The van der Waals surface area contributed by atoms with Crippen LogP contribution in [0.2, 0.25) is 0 Å². The minimum absolute atomic E-state index is 0.276. The van der Waals surface area contributed by atoms with Gasteiger partial charge in [-0.15, -0.1) is 0 Å². The molecule has 0 spiro atoms. The van der Waals surface area contributed by atoms with Crippen LogP contribution < -0.4 is 5.43 Å². The van der Waals surface area contributed by atoms with Gasteiger partial charge < -0.3 is 0 Å². The maximum atomic E-state index is 12.9. The Bertz CT molecular complexity index is 1220. The van der Waals surface area contributed by atoms with Crippen LogP contribution in [0.5, 0.6) is 0 Å². The SMILES string of the molecule is CC[C@H](C)c1ccc(-c2cc(C(=O)NN=Cc3ccncc3)c3ccccc3n2)cc1. The highest BCUT2D eigenvalue weighted by atomic mass is 16.2. The molecule has 0 aliphatic rings. The Morgan fingerprint density at radius 2 is 1.81 bits per heavy atom. The summed E-state index contributed by atoms with van der Waals surface area (Å²) in [5.41, 5.74) is 7.85. The van der Waals surface area contributed by atoms with Gasteiger partial charge in [-0.2, -0.15) is 5.10 Å². The maximum Gasteiger partial charge on any atom is 0.272 e. The van der Waals surface area contributed by atoms with Crippen molar-refractivity contribution in [3.05, 3.63) is 95.8 Å². The highest BCUT2D eigenvalue weighted by Gasteiger charge is 2.14. The molecule has 0 unspecified atom stereocenters. The summed E-state index contributed by atoms with van der Waals surface area (Å²) in [6.45, 7) is 4.41. The van der Waals surface area contributed by atoms with Gasteiger partial charge in [0.1, 0.15) is 0 Å². The minimum atomic E-state index is -0.276. The van der Waals surface area contributed by atoms with E-state index in [0.717, 1.165) is 34.1 Å². The Hall–Kier alpha value is -3.86. The van der Waals surface area contributed by atoms with Crippen molar-refractivity contribution in [2.45, 2.75) is 26.2 Å². The van der Waals surface area contributed by atoms with Crippen molar-refractivity contribution in [2.24, 2.45) is 5.10 Å². The first-order valence-corrected chi connectivity index (χ1v) is 10.4. The molecule has 2 aromatic heterocycles. The second-order valence-electron chi connectivity index (χ2n) is 7.48. The number of carbonyl (C=O) groups excluding carboxylic acids is 1. The standard InChI is InChI=1S/C26H24N4O/c1-3-18(2)20-8-10-21(11-9-20)25-16-23(22-6-4-5-7-24(22)29-25)26(31)30-28-17-19-12-14-27-15-13-19/h4-18H,3H2,1-2H3,(H,30,31)/t18-/m0/s1. The third-order valence-corrected chi connectivity index (χ3v) is 5.43. The molecule has 0 radical (unpaired) electrons. The van der Waals surface area contributed by atoms with E-state index < -0.39 is 0 Å². The Balaban J connectivity index is 1.66. The quantitative estimate of drug-likeness (QED) is 0.335. The first-order chi connectivity index (χ1) is 15.2. The molecular formula is C26H24N4O. The zero-order valence-electron chi connectivity index (χ0n) is 17.6. The lowest BCUT2D eigenvalue weighted by atomic mass is 9.96. The number of nitrogens with one attached hydrogen (secondary N) is 1. The fourth-order valence-corrected chi connectivity index (χ4v) is 3.40. The van der Waals surface area contributed by atoms with E-state index in [-0.39, 0.29) is 5.91 Å². The summed E-state index contributed by atoms with van der Waals surface area (Å²) in [5.74, 6) is 0.236. The molecule has 1 N–H and O–H groups in total. The van der Waals surface area contributed by atoms with Gasteiger partial charge in [-0.3, -0.25) is 9.78 Å². The third kappa shape index (κ3) is 4.67. The molecule has 1 atom stereocenters. The number of fused-ring (bicyclic) bond motifs is 1. The highest BCUT2D eigenvalue weighted by Crippen LogP contribution is 2.27. The van der Waals surface area contributed by atoms with Gasteiger partial charge in [0.15, 0.2) is 0 Å². The number of hydrogen-bond acceptors (Lipinski definition) is 4. The van der Waals surface area contributed by atoms with E-state index in [1.165, 1.54) is 5.56 Å². The molecule has 0 bridgehead atoms. The molecule has 2 aromatic carbocycles. The normalized spacial score (nSPS) is 12.2. The topological polar surface area (TPSA) is 67.2 Å². The molecular weight excluding hydrogens is 384 g/mol. The van der Waals surface area contributed by atoms with Crippen LogP contribution >= 0.6 is 0 Å². The van der Waals surface area contributed by atoms with E-state index in [9.17, 15) is 4.79 Å². The summed E-state index contributed by atoms with van der Waals surface area (Å²) in [5, 5.41) is 4.89. The summed E-state index contributed by atoms with van der Waals surface area (Å²) in [4.78, 5) is 21.7. The van der Waals surface area contributed by atoms with Gasteiger partial charge in [0.05, 0.1) is 23.0 Å². The fraction of sp³-hybridized carbons (Fsp3) is 0.154. The predicted molar refractivity (Wildman–Crippen MR) is 125 cm³/mol. The number of aromatic nitrogens is 2. The van der Waals surface area contributed by atoms with Gasteiger partial charge in [-0.25, -0.2) is 10.4 Å². The lowest BCUT2D eigenvalue weighted by Gasteiger charge is -2.11. The molecule has 5 heteroatoms. The number of hydrogen-bond donors (Lipinski definition) is 1. The van der Waals surface area contributed by atoms with Crippen molar-refractivity contribution < 1.29 is 4.79 Å². The van der Waals surface area contributed by atoms with Crippen LogP contribution in [0.15, 0.2) is 84.2 Å². The largest absolute Gasteiger partial charge is 0.272 e. The van der Waals surface area contributed by atoms with Gasteiger partial charge in [-0.1, -0.05) is 56.3 Å². The van der Waals surface area contributed by atoms with Crippen molar-refractivity contribution in [3.63, 3.8) is 0 Å². The zero-order valence-corrected chi connectivity index (χ0v) is 17.6. The molecule has 0 saturated heterocycles. The first-order valence-electron chi connectivity index (χ1n) is 10.4. The molecule has 5 nitrogen and oxygen atoms in total. The fourth-order valence-electron chi connectivity index (χ4n) is 3.40.